The number of amides is 1. The number of benzene rings is 1. The Balaban J connectivity index is 1.46. The number of hydrogen-bond donors (Lipinski definition) is 0. The Bertz CT molecular complexity index is 595. The van der Waals surface area contributed by atoms with Crippen LogP contribution in [0, 0.1) is 0 Å². The van der Waals surface area contributed by atoms with Gasteiger partial charge in [-0.3, -0.25) is 0 Å². The number of likely N-dealkylation sites (tertiary alicyclic amines) is 1. The van der Waals surface area contributed by atoms with Crippen LogP contribution < -0.4 is 4.74 Å². The van der Waals surface area contributed by atoms with Gasteiger partial charge in [-0.05, 0) is 33.6 Å². The van der Waals surface area contributed by atoms with Crippen molar-refractivity contribution in [1.82, 2.24) is 4.90 Å². The fraction of sp³-hybridized carbons (Fsp3) is 0.500. The zero-order valence-electron chi connectivity index (χ0n) is 13.0. The molecule has 124 valence electrons. The Kier molecular flexibility index (Phi) is 4.75. The fourth-order valence-corrected chi connectivity index (χ4v) is 3.38. The Labute approximate surface area is 143 Å². The van der Waals surface area contributed by atoms with Gasteiger partial charge >= 0.3 is 6.09 Å². The summed E-state index contributed by atoms with van der Waals surface area (Å²) in [6.45, 7) is 1.50. The maximum Gasteiger partial charge on any atom is 0.410 e. The number of piperidine rings is 1. The molecule has 1 fully saturated rings. The molecule has 6 nitrogen and oxygen atoms in total. The molecule has 1 aromatic rings. The van der Waals surface area contributed by atoms with Crippen LogP contribution in [0.4, 0.5) is 4.79 Å². The first-order valence-corrected chi connectivity index (χ1v) is 8.35. The van der Waals surface area contributed by atoms with E-state index in [1.165, 1.54) is 0 Å². The molecular weight excluding hydrogens is 364 g/mol. The summed E-state index contributed by atoms with van der Waals surface area (Å²) in [7, 11) is 1.62. The average molecular weight is 383 g/mol. The van der Waals surface area contributed by atoms with Gasteiger partial charge in [0.05, 0.1) is 7.11 Å². The van der Waals surface area contributed by atoms with Crippen LogP contribution in [0.15, 0.2) is 29.4 Å². The van der Waals surface area contributed by atoms with Crippen molar-refractivity contribution in [2.24, 2.45) is 5.16 Å². The number of halogens is 1. The Morgan fingerprint density at radius 3 is 2.61 bits per heavy atom. The monoisotopic (exact) mass is 382 g/mol. The molecule has 0 atom stereocenters. The molecule has 0 bridgehead atoms. The molecule has 0 N–H and O–H groups in total. The van der Waals surface area contributed by atoms with Gasteiger partial charge in [-0.25, -0.2) is 4.79 Å². The van der Waals surface area contributed by atoms with Crippen molar-refractivity contribution in [3.8, 4) is 5.75 Å². The smallest absolute Gasteiger partial charge is 0.410 e. The molecule has 7 heteroatoms. The van der Waals surface area contributed by atoms with Gasteiger partial charge in [0.1, 0.15) is 22.6 Å². The zero-order chi connectivity index (χ0) is 16.3. The topological polar surface area (TPSA) is 60.4 Å². The number of carbonyl (C=O) groups is 1. The lowest BCUT2D eigenvalue weighted by atomic mass is 9.89. The summed E-state index contributed by atoms with van der Waals surface area (Å²) >= 11 is 3.36. The molecule has 0 saturated carbocycles. The van der Waals surface area contributed by atoms with Crippen LogP contribution in [0.3, 0.4) is 0 Å². The minimum atomic E-state index is -0.284. The minimum Gasteiger partial charge on any atom is -0.497 e. The second-order valence-corrected chi connectivity index (χ2v) is 6.72. The standard InChI is InChI=1S/C16H19BrN2O4/c1-21-13-4-2-12(3-5-13)11-22-15(20)19-8-6-16(7-9-19)10-14(17)18-23-16/h2-5H,6-11H2,1H3. The van der Waals surface area contributed by atoms with Gasteiger partial charge in [-0.1, -0.05) is 17.3 Å². The quantitative estimate of drug-likeness (QED) is 0.804. The first-order chi connectivity index (χ1) is 11.1. The molecule has 0 aliphatic carbocycles. The van der Waals surface area contributed by atoms with Crippen molar-refractivity contribution in [3.63, 3.8) is 0 Å². The van der Waals surface area contributed by atoms with Gasteiger partial charge in [0, 0.05) is 32.4 Å². The summed E-state index contributed by atoms with van der Waals surface area (Å²) in [6, 6.07) is 7.48. The van der Waals surface area contributed by atoms with Crippen molar-refractivity contribution in [2.45, 2.75) is 31.5 Å². The Morgan fingerprint density at radius 1 is 1.35 bits per heavy atom. The second-order valence-electron chi connectivity index (χ2n) is 5.81. The van der Waals surface area contributed by atoms with Gasteiger partial charge in [-0.2, -0.15) is 0 Å². The van der Waals surface area contributed by atoms with Crippen molar-refractivity contribution < 1.29 is 19.1 Å². The van der Waals surface area contributed by atoms with E-state index in [1.54, 1.807) is 12.0 Å². The molecule has 1 saturated heterocycles. The summed E-state index contributed by atoms with van der Waals surface area (Å²) < 4.78 is 11.3. The van der Waals surface area contributed by atoms with Crippen LogP contribution in [0.2, 0.25) is 0 Å². The van der Waals surface area contributed by atoms with Crippen LogP contribution >= 0.6 is 15.9 Å². The normalized spacial score (nSPS) is 19.2. The Hall–Kier alpha value is -1.76. The number of rotatable bonds is 3. The maximum absolute atomic E-state index is 12.2. The van der Waals surface area contributed by atoms with E-state index in [9.17, 15) is 4.79 Å². The third-order valence-corrected chi connectivity index (χ3v) is 4.69. The van der Waals surface area contributed by atoms with Crippen LogP contribution in [0.25, 0.3) is 0 Å². The van der Waals surface area contributed by atoms with E-state index < -0.39 is 0 Å². The van der Waals surface area contributed by atoms with Gasteiger partial charge in [0.25, 0.3) is 0 Å². The summed E-state index contributed by atoms with van der Waals surface area (Å²) in [5.74, 6) is 0.784. The van der Waals surface area contributed by atoms with Gasteiger partial charge in [-0.15, -0.1) is 0 Å². The molecule has 23 heavy (non-hydrogen) atoms. The highest BCUT2D eigenvalue weighted by atomic mass is 79.9. The molecule has 1 aromatic carbocycles. The van der Waals surface area contributed by atoms with Gasteiger partial charge in [0.2, 0.25) is 0 Å². The highest BCUT2D eigenvalue weighted by Crippen LogP contribution is 2.35. The van der Waals surface area contributed by atoms with E-state index in [-0.39, 0.29) is 18.3 Å². The molecule has 3 rings (SSSR count). The molecule has 0 aromatic heterocycles. The molecule has 1 amide bonds. The molecule has 0 unspecified atom stereocenters. The van der Waals surface area contributed by atoms with Crippen LogP contribution in [-0.2, 0) is 16.2 Å². The van der Waals surface area contributed by atoms with E-state index in [2.05, 4.69) is 21.1 Å². The second kappa shape index (κ2) is 6.78. The predicted molar refractivity (Wildman–Crippen MR) is 88.8 cm³/mol. The fourth-order valence-electron chi connectivity index (χ4n) is 2.80. The predicted octanol–water partition coefficient (Wildman–Crippen LogP) is 3.30. The highest BCUT2D eigenvalue weighted by Gasteiger charge is 2.42. The van der Waals surface area contributed by atoms with Crippen molar-refractivity contribution in [2.75, 3.05) is 20.2 Å². The number of nitrogens with zero attached hydrogens (tertiary/aromatic N) is 2. The summed E-state index contributed by atoms with van der Waals surface area (Å²) in [5.41, 5.74) is 0.690. The third kappa shape index (κ3) is 3.77. The van der Waals surface area contributed by atoms with E-state index in [1.807, 2.05) is 24.3 Å². The lowest BCUT2D eigenvalue weighted by molar-refractivity contribution is -0.0596. The van der Waals surface area contributed by atoms with Crippen LogP contribution in [-0.4, -0.2) is 41.4 Å². The number of ether oxygens (including phenoxy) is 2. The number of carbonyl (C=O) groups excluding carboxylic acids is 1. The van der Waals surface area contributed by atoms with Crippen molar-refractivity contribution in [1.29, 1.82) is 0 Å². The molecule has 2 aliphatic rings. The van der Waals surface area contributed by atoms with Crippen molar-refractivity contribution in [3.05, 3.63) is 29.8 Å². The van der Waals surface area contributed by atoms with Crippen LogP contribution in [0.1, 0.15) is 24.8 Å². The summed E-state index contributed by atoms with van der Waals surface area (Å²) in [5, 5.41) is 3.96. The molecule has 2 aliphatic heterocycles. The molecular formula is C16H19BrN2O4. The van der Waals surface area contributed by atoms with Gasteiger partial charge < -0.3 is 19.2 Å². The summed E-state index contributed by atoms with van der Waals surface area (Å²) in [6.07, 6.45) is 2.03. The van der Waals surface area contributed by atoms with E-state index >= 15 is 0 Å². The van der Waals surface area contributed by atoms with Crippen LogP contribution in [0.5, 0.6) is 5.75 Å². The number of hydrogen-bond acceptors (Lipinski definition) is 5. The third-order valence-electron chi connectivity index (χ3n) is 4.26. The number of oxime groups is 1. The first kappa shape index (κ1) is 16.1. The zero-order valence-corrected chi connectivity index (χ0v) is 14.5. The van der Waals surface area contributed by atoms with E-state index in [0.717, 1.165) is 35.2 Å². The minimum absolute atomic E-state index is 0.244. The lowest BCUT2D eigenvalue weighted by Gasteiger charge is -2.36. The molecule has 2 heterocycles. The SMILES string of the molecule is COc1ccc(COC(=O)N2CCC3(CC2)CC(Br)=NO3)cc1. The van der Waals surface area contributed by atoms with E-state index in [0.29, 0.717) is 13.1 Å². The maximum atomic E-state index is 12.2. The lowest BCUT2D eigenvalue weighted by Crippen LogP contribution is -2.46. The van der Waals surface area contributed by atoms with Crippen molar-refractivity contribution >= 4 is 26.6 Å². The van der Waals surface area contributed by atoms with E-state index in [4.69, 9.17) is 14.3 Å². The van der Waals surface area contributed by atoms with Gasteiger partial charge in [0.15, 0.2) is 0 Å². The first-order valence-electron chi connectivity index (χ1n) is 7.55. The summed E-state index contributed by atoms with van der Waals surface area (Å²) in [4.78, 5) is 19.4. The number of methoxy groups -OCH3 is 1. The average Bonchev–Trinajstić information content (AvgIpc) is 2.94. The molecule has 1 spiro atoms. The largest absolute Gasteiger partial charge is 0.497 e. The molecule has 0 radical (unpaired) electrons. The highest BCUT2D eigenvalue weighted by molar-refractivity contribution is 9.18. The Morgan fingerprint density at radius 2 is 2.04 bits per heavy atom.